The van der Waals surface area contributed by atoms with Crippen molar-refractivity contribution in [3.05, 3.63) is 81.9 Å². The predicted molar refractivity (Wildman–Crippen MR) is 97.7 cm³/mol. The lowest BCUT2D eigenvalue weighted by Gasteiger charge is -2.09. The van der Waals surface area contributed by atoms with Gasteiger partial charge in [-0.2, -0.15) is 5.10 Å². The van der Waals surface area contributed by atoms with Crippen LogP contribution in [0.25, 0.3) is 0 Å². The van der Waals surface area contributed by atoms with Crippen molar-refractivity contribution < 1.29 is 4.79 Å². The van der Waals surface area contributed by atoms with Gasteiger partial charge >= 0.3 is 0 Å². The number of aromatic nitrogens is 3. The maximum Gasteiger partial charge on any atom is 0.251 e. The van der Waals surface area contributed by atoms with E-state index in [0.29, 0.717) is 23.8 Å². The number of pyridine rings is 1. The summed E-state index contributed by atoms with van der Waals surface area (Å²) in [7, 11) is 0. The van der Waals surface area contributed by atoms with E-state index in [1.54, 1.807) is 12.1 Å². The maximum absolute atomic E-state index is 12.2. The molecule has 2 heterocycles. The average molecular weight is 355 g/mol. The third kappa shape index (κ3) is 4.45. The molecule has 1 aromatic carbocycles. The van der Waals surface area contributed by atoms with Crippen LogP contribution in [0.1, 0.15) is 32.9 Å². The first-order valence-electron chi connectivity index (χ1n) is 8.00. The molecule has 0 aliphatic carbocycles. The van der Waals surface area contributed by atoms with Crippen molar-refractivity contribution in [3.63, 3.8) is 0 Å². The summed E-state index contributed by atoms with van der Waals surface area (Å²) < 4.78 is 1.98. The lowest BCUT2D eigenvalue weighted by Crippen LogP contribution is -2.22. The van der Waals surface area contributed by atoms with Gasteiger partial charge in [0, 0.05) is 24.0 Å². The second-order valence-electron chi connectivity index (χ2n) is 5.95. The van der Waals surface area contributed by atoms with Crippen LogP contribution >= 0.6 is 11.6 Å². The van der Waals surface area contributed by atoms with E-state index in [1.807, 2.05) is 30.7 Å². The summed E-state index contributed by atoms with van der Waals surface area (Å²) >= 11 is 5.82. The number of hydrogen-bond acceptors (Lipinski definition) is 3. The Hall–Kier alpha value is -2.66. The van der Waals surface area contributed by atoms with Crippen molar-refractivity contribution in [2.45, 2.75) is 26.9 Å². The monoisotopic (exact) mass is 354 g/mol. The molecular weight excluding hydrogens is 336 g/mol. The van der Waals surface area contributed by atoms with Crippen molar-refractivity contribution in [1.82, 2.24) is 20.1 Å². The molecule has 0 saturated carbocycles. The molecule has 3 aromatic rings. The van der Waals surface area contributed by atoms with Crippen LogP contribution in [0, 0.1) is 13.8 Å². The minimum atomic E-state index is -0.173. The molecule has 128 valence electrons. The van der Waals surface area contributed by atoms with Crippen molar-refractivity contribution in [2.75, 3.05) is 0 Å². The van der Waals surface area contributed by atoms with Crippen LogP contribution in [-0.2, 0) is 13.1 Å². The van der Waals surface area contributed by atoms with Gasteiger partial charge in [-0.05, 0) is 43.2 Å². The van der Waals surface area contributed by atoms with Gasteiger partial charge in [-0.3, -0.25) is 9.48 Å². The number of carbonyl (C=O) groups excluding carboxylic acids is 1. The van der Waals surface area contributed by atoms with Crippen LogP contribution in [0.3, 0.4) is 0 Å². The van der Waals surface area contributed by atoms with E-state index in [0.717, 1.165) is 22.5 Å². The van der Waals surface area contributed by atoms with Gasteiger partial charge in [-0.1, -0.05) is 35.9 Å². The Kier molecular flexibility index (Phi) is 5.14. The van der Waals surface area contributed by atoms with Crippen LogP contribution in [0.15, 0.2) is 48.7 Å². The molecule has 0 atom stereocenters. The molecule has 0 radical (unpaired) electrons. The molecule has 6 heteroatoms. The van der Waals surface area contributed by atoms with E-state index in [1.165, 1.54) is 6.20 Å². The van der Waals surface area contributed by atoms with E-state index >= 15 is 0 Å². The Bertz CT molecular complexity index is 904. The Morgan fingerprint density at radius 2 is 1.96 bits per heavy atom. The molecule has 1 N–H and O–H groups in total. The molecule has 0 fully saturated rings. The molecule has 5 nitrogen and oxygen atoms in total. The third-order valence-electron chi connectivity index (χ3n) is 3.87. The predicted octanol–water partition coefficient (Wildman–Crippen LogP) is 3.53. The van der Waals surface area contributed by atoms with E-state index in [-0.39, 0.29) is 5.91 Å². The Morgan fingerprint density at radius 1 is 1.16 bits per heavy atom. The van der Waals surface area contributed by atoms with Crippen molar-refractivity contribution in [2.24, 2.45) is 0 Å². The number of nitrogens with zero attached hydrogens (tertiary/aromatic N) is 3. The number of rotatable bonds is 5. The standard InChI is InChI=1S/C19H19ClN4O/c1-13-8-14(2)24(23-13)12-16-5-3-4-15(9-16)11-22-19(25)17-6-7-21-18(20)10-17/h3-10H,11-12H2,1-2H3,(H,22,25). The summed E-state index contributed by atoms with van der Waals surface area (Å²) in [5.41, 5.74) is 4.82. The minimum absolute atomic E-state index is 0.173. The molecule has 0 aliphatic rings. The minimum Gasteiger partial charge on any atom is -0.348 e. The summed E-state index contributed by atoms with van der Waals surface area (Å²) in [6, 6.07) is 13.4. The Labute approximate surface area is 151 Å². The van der Waals surface area contributed by atoms with Gasteiger partial charge in [0.05, 0.1) is 12.2 Å². The summed E-state index contributed by atoms with van der Waals surface area (Å²) in [6.07, 6.45) is 1.52. The topological polar surface area (TPSA) is 59.8 Å². The lowest BCUT2D eigenvalue weighted by atomic mass is 10.1. The molecule has 25 heavy (non-hydrogen) atoms. The van der Waals surface area contributed by atoms with Crippen LogP contribution in [0.2, 0.25) is 5.15 Å². The molecule has 0 spiro atoms. The molecular formula is C19H19ClN4O. The molecule has 2 aromatic heterocycles. The van der Waals surface area contributed by atoms with E-state index < -0.39 is 0 Å². The normalized spacial score (nSPS) is 10.7. The van der Waals surface area contributed by atoms with Crippen LogP contribution in [0.5, 0.6) is 0 Å². The van der Waals surface area contributed by atoms with Crippen molar-refractivity contribution in [1.29, 1.82) is 0 Å². The fourth-order valence-corrected chi connectivity index (χ4v) is 2.85. The summed E-state index contributed by atoms with van der Waals surface area (Å²) in [5.74, 6) is -0.173. The highest BCUT2D eigenvalue weighted by Crippen LogP contribution is 2.11. The number of hydrogen-bond donors (Lipinski definition) is 1. The van der Waals surface area contributed by atoms with Gasteiger partial charge in [-0.15, -0.1) is 0 Å². The zero-order valence-corrected chi connectivity index (χ0v) is 14.9. The van der Waals surface area contributed by atoms with Gasteiger partial charge in [0.15, 0.2) is 0 Å². The van der Waals surface area contributed by atoms with E-state index in [4.69, 9.17) is 11.6 Å². The molecule has 3 rings (SSSR count). The number of aryl methyl sites for hydroxylation is 2. The van der Waals surface area contributed by atoms with Gasteiger partial charge in [0.1, 0.15) is 5.15 Å². The van der Waals surface area contributed by atoms with Crippen LogP contribution in [-0.4, -0.2) is 20.7 Å². The van der Waals surface area contributed by atoms with Gasteiger partial charge in [0.25, 0.3) is 5.91 Å². The number of nitrogens with one attached hydrogen (secondary N) is 1. The van der Waals surface area contributed by atoms with Crippen LogP contribution < -0.4 is 5.32 Å². The summed E-state index contributed by atoms with van der Waals surface area (Å²) in [6.45, 7) is 5.19. The highest BCUT2D eigenvalue weighted by atomic mass is 35.5. The number of benzene rings is 1. The fraction of sp³-hybridized carbons (Fsp3) is 0.211. The largest absolute Gasteiger partial charge is 0.348 e. The number of amides is 1. The zero-order chi connectivity index (χ0) is 17.8. The second-order valence-corrected chi connectivity index (χ2v) is 6.34. The molecule has 1 amide bonds. The second kappa shape index (κ2) is 7.49. The van der Waals surface area contributed by atoms with E-state index in [2.05, 4.69) is 33.6 Å². The maximum atomic E-state index is 12.2. The number of halogens is 1. The Balaban J connectivity index is 1.65. The average Bonchev–Trinajstić information content (AvgIpc) is 2.90. The highest BCUT2D eigenvalue weighted by molar-refractivity contribution is 6.29. The van der Waals surface area contributed by atoms with Gasteiger partial charge < -0.3 is 5.32 Å². The van der Waals surface area contributed by atoms with Gasteiger partial charge in [-0.25, -0.2) is 4.98 Å². The van der Waals surface area contributed by atoms with Crippen molar-refractivity contribution in [3.8, 4) is 0 Å². The molecule has 0 unspecified atom stereocenters. The van der Waals surface area contributed by atoms with Crippen LogP contribution in [0.4, 0.5) is 0 Å². The first-order valence-corrected chi connectivity index (χ1v) is 8.38. The van der Waals surface area contributed by atoms with Gasteiger partial charge in [0.2, 0.25) is 0 Å². The quantitative estimate of drug-likeness (QED) is 0.713. The Morgan fingerprint density at radius 3 is 2.68 bits per heavy atom. The first-order chi connectivity index (χ1) is 12.0. The third-order valence-corrected chi connectivity index (χ3v) is 4.08. The lowest BCUT2D eigenvalue weighted by molar-refractivity contribution is 0.0951. The SMILES string of the molecule is Cc1cc(C)n(Cc2cccc(CNC(=O)c3ccnc(Cl)c3)c2)n1. The summed E-state index contributed by atoms with van der Waals surface area (Å²) in [5, 5.41) is 7.69. The van der Waals surface area contributed by atoms with Crippen molar-refractivity contribution >= 4 is 17.5 Å². The molecule has 0 bridgehead atoms. The first kappa shape index (κ1) is 17.2. The smallest absolute Gasteiger partial charge is 0.251 e. The summed E-state index contributed by atoms with van der Waals surface area (Å²) in [4.78, 5) is 16.1. The number of carbonyl (C=O) groups is 1. The zero-order valence-electron chi connectivity index (χ0n) is 14.2. The molecule has 0 saturated heterocycles. The highest BCUT2D eigenvalue weighted by Gasteiger charge is 2.07. The van der Waals surface area contributed by atoms with E-state index in [9.17, 15) is 4.79 Å². The fourth-order valence-electron chi connectivity index (χ4n) is 2.67. The molecule has 0 aliphatic heterocycles.